The molecule has 2 bridgehead atoms. The first-order valence-electron chi connectivity index (χ1n) is 10.7. The number of benzene rings is 1. The first-order chi connectivity index (χ1) is 15.9. The van der Waals surface area contributed by atoms with Gasteiger partial charge >= 0.3 is 5.97 Å². The van der Waals surface area contributed by atoms with E-state index in [2.05, 4.69) is 37.7 Å². The molecule has 6 N–H and O–H groups in total. The minimum atomic E-state index is -0.907. The second kappa shape index (κ2) is 8.49. The molecule has 170 valence electrons. The molecule has 2 aliphatic rings. The van der Waals surface area contributed by atoms with Crippen molar-refractivity contribution in [2.24, 2.45) is 23.5 Å². The topological polar surface area (TPSA) is 146 Å². The largest absolute Gasteiger partial charge is 0.480 e. The lowest BCUT2D eigenvalue weighted by atomic mass is 9.88. The van der Waals surface area contributed by atoms with E-state index in [0.29, 0.717) is 34.2 Å². The Labute approximate surface area is 194 Å². The minimum absolute atomic E-state index is 0.114. The van der Waals surface area contributed by atoms with Crippen molar-refractivity contribution >= 4 is 40.3 Å². The van der Waals surface area contributed by atoms with Gasteiger partial charge < -0.3 is 26.5 Å². The molecular formula is C23H23ClN6O3. The average molecular weight is 467 g/mol. The zero-order valence-corrected chi connectivity index (χ0v) is 18.3. The molecule has 1 amide bonds. The summed E-state index contributed by atoms with van der Waals surface area (Å²) in [5.74, 6) is -0.542. The Bertz CT molecular complexity index is 1270. The molecule has 2 aromatic heterocycles. The number of hydrogen-bond acceptors (Lipinski definition) is 6. The van der Waals surface area contributed by atoms with Gasteiger partial charge in [0.25, 0.3) is 0 Å². The van der Waals surface area contributed by atoms with E-state index in [0.717, 1.165) is 17.5 Å². The monoisotopic (exact) mass is 466 g/mol. The van der Waals surface area contributed by atoms with Crippen molar-refractivity contribution in [2.75, 3.05) is 11.9 Å². The third kappa shape index (κ3) is 4.05. The number of nitrogens with two attached hydrogens (primary N) is 1. The number of fused-ring (bicyclic) bond motifs is 3. The van der Waals surface area contributed by atoms with Crippen molar-refractivity contribution in [3.05, 3.63) is 53.2 Å². The maximum atomic E-state index is 12.1. The summed E-state index contributed by atoms with van der Waals surface area (Å²) in [6, 6.07) is 7.51. The fourth-order valence-electron chi connectivity index (χ4n) is 4.93. The Balaban J connectivity index is 1.45. The van der Waals surface area contributed by atoms with E-state index in [9.17, 15) is 9.59 Å². The van der Waals surface area contributed by atoms with E-state index in [1.165, 1.54) is 0 Å². The van der Waals surface area contributed by atoms with E-state index in [4.69, 9.17) is 22.4 Å². The Kier molecular flexibility index (Phi) is 5.51. The number of primary amides is 1. The number of pyridine rings is 1. The van der Waals surface area contributed by atoms with Crippen molar-refractivity contribution < 1.29 is 14.7 Å². The summed E-state index contributed by atoms with van der Waals surface area (Å²) < 4.78 is 0. The number of halogens is 1. The second-order valence-corrected chi connectivity index (χ2v) is 8.92. The van der Waals surface area contributed by atoms with Gasteiger partial charge in [0, 0.05) is 18.2 Å². The summed E-state index contributed by atoms with van der Waals surface area (Å²) in [6.45, 7) is 0.306. The normalized spacial score (nSPS) is 23.3. The Morgan fingerprint density at radius 2 is 2.09 bits per heavy atom. The van der Waals surface area contributed by atoms with Crippen LogP contribution >= 0.6 is 11.6 Å². The van der Waals surface area contributed by atoms with Crippen molar-refractivity contribution in [3.63, 3.8) is 0 Å². The fraction of sp³-hybridized carbons (Fsp3) is 0.304. The molecule has 4 atom stereocenters. The van der Waals surface area contributed by atoms with Gasteiger partial charge in [-0.2, -0.15) is 0 Å². The molecule has 0 saturated heterocycles. The maximum Gasteiger partial charge on any atom is 0.317 e. The van der Waals surface area contributed by atoms with Gasteiger partial charge in [-0.15, -0.1) is 0 Å². The van der Waals surface area contributed by atoms with Crippen molar-refractivity contribution in [2.45, 2.75) is 19.0 Å². The van der Waals surface area contributed by atoms with E-state index in [1.54, 1.807) is 6.20 Å². The van der Waals surface area contributed by atoms with Gasteiger partial charge in [0.2, 0.25) is 5.91 Å². The van der Waals surface area contributed by atoms with E-state index >= 15 is 0 Å². The summed E-state index contributed by atoms with van der Waals surface area (Å²) in [5.41, 5.74) is 9.28. The lowest BCUT2D eigenvalue weighted by Crippen LogP contribution is -2.41. The van der Waals surface area contributed by atoms with Crippen LogP contribution in [-0.4, -0.2) is 44.5 Å². The highest BCUT2D eigenvalue weighted by atomic mass is 35.5. The van der Waals surface area contributed by atoms with Gasteiger partial charge in [0.15, 0.2) is 5.65 Å². The number of aliphatic carboxylic acids is 1. The highest BCUT2D eigenvalue weighted by molar-refractivity contribution is 6.34. The predicted molar refractivity (Wildman–Crippen MR) is 125 cm³/mol. The summed E-state index contributed by atoms with van der Waals surface area (Å²) in [4.78, 5) is 35.1. The summed E-state index contributed by atoms with van der Waals surface area (Å²) in [5, 5.41) is 15.6. The first-order valence-corrected chi connectivity index (χ1v) is 11.1. The molecule has 2 heterocycles. The molecule has 0 radical (unpaired) electrons. The quantitative estimate of drug-likeness (QED) is 0.320. The zero-order valence-electron chi connectivity index (χ0n) is 17.6. The maximum absolute atomic E-state index is 12.1. The van der Waals surface area contributed by atoms with Gasteiger partial charge in [0.1, 0.15) is 11.3 Å². The Morgan fingerprint density at radius 3 is 2.88 bits per heavy atom. The molecule has 33 heavy (non-hydrogen) atoms. The van der Waals surface area contributed by atoms with Gasteiger partial charge in [-0.25, -0.2) is 9.97 Å². The smallest absolute Gasteiger partial charge is 0.317 e. The average Bonchev–Trinajstić information content (AvgIpc) is 3.50. The Hall–Kier alpha value is -3.43. The minimum Gasteiger partial charge on any atom is -0.480 e. The molecule has 1 fully saturated rings. The highest BCUT2D eigenvalue weighted by Gasteiger charge is 2.47. The van der Waals surface area contributed by atoms with Crippen LogP contribution < -0.4 is 16.4 Å². The van der Waals surface area contributed by atoms with Crippen molar-refractivity contribution in [1.82, 2.24) is 20.3 Å². The van der Waals surface area contributed by atoms with Gasteiger partial charge in [0.05, 0.1) is 29.4 Å². The summed E-state index contributed by atoms with van der Waals surface area (Å²) >= 11 is 6.51. The number of carboxylic acids is 1. The number of carbonyl (C=O) groups excluding carboxylic acids is 1. The highest BCUT2D eigenvalue weighted by Crippen LogP contribution is 2.46. The second-order valence-electron chi connectivity index (χ2n) is 8.51. The van der Waals surface area contributed by atoms with Crippen LogP contribution in [0.25, 0.3) is 22.6 Å². The van der Waals surface area contributed by atoms with Gasteiger partial charge in [-0.3, -0.25) is 9.59 Å². The fourth-order valence-corrected chi connectivity index (χ4v) is 5.13. The number of hydrogen-bond donors (Lipinski definition) is 5. The lowest BCUT2D eigenvalue weighted by Gasteiger charge is -2.28. The molecule has 0 aliphatic heterocycles. The number of amides is 1. The number of allylic oxidation sites excluding steroid dienone is 1. The van der Waals surface area contributed by atoms with Crippen LogP contribution in [-0.2, 0) is 16.1 Å². The number of imidazole rings is 1. The molecule has 1 saturated carbocycles. The van der Waals surface area contributed by atoms with Crippen LogP contribution in [0.15, 0.2) is 42.6 Å². The number of aromatic nitrogens is 3. The third-order valence-electron chi connectivity index (χ3n) is 6.38. The molecule has 10 heteroatoms. The standard InChI is InChI=1S/C23H23ClN6O3/c24-15-9-27-23-20(19(15)28-18-13-5-4-12(7-13)17(18)21(25)33)29-22(30-23)14-3-1-2-11(6-14)8-26-10-16(31)32/h1-6,9,12-13,17-18,26H,7-8,10H2,(H2,25,33)(H,31,32)(H2,27,28,29,30). The van der Waals surface area contributed by atoms with Gasteiger partial charge in [-0.05, 0) is 29.9 Å². The third-order valence-corrected chi connectivity index (χ3v) is 6.66. The molecule has 3 aromatic rings. The number of aromatic amines is 1. The number of rotatable bonds is 8. The van der Waals surface area contributed by atoms with Gasteiger partial charge in [-0.1, -0.05) is 42.0 Å². The molecule has 1 aromatic carbocycles. The van der Waals surface area contributed by atoms with E-state index in [1.807, 2.05) is 24.3 Å². The number of nitrogens with zero attached hydrogens (tertiary/aromatic N) is 2. The van der Waals surface area contributed by atoms with Crippen LogP contribution in [0.2, 0.25) is 5.02 Å². The number of carboxylic acid groups (broad SMARTS) is 1. The lowest BCUT2D eigenvalue weighted by molar-refractivity contribution is -0.136. The molecule has 2 aliphatic carbocycles. The molecule has 0 spiro atoms. The van der Waals surface area contributed by atoms with E-state index in [-0.39, 0.29) is 36.2 Å². The molecule has 5 rings (SSSR count). The number of nitrogens with one attached hydrogen (secondary N) is 3. The molecular weight excluding hydrogens is 444 g/mol. The van der Waals surface area contributed by atoms with Crippen LogP contribution in [0.1, 0.15) is 12.0 Å². The number of anilines is 1. The van der Waals surface area contributed by atoms with Crippen molar-refractivity contribution in [3.8, 4) is 11.4 Å². The van der Waals surface area contributed by atoms with Crippen LogP contribution in [0.4, 0.5) is 5.69 Å². The predicted octanol–water partition coefficient (Wildman–Crippen LogP) is 2.54. The van der Waals surface area contributed by atoms with Crippen LogP contribution in [0.5, 0.6) is 0 Å². The molecule has 9 nitrogen and oxygen atoms in total. The summed E-state index contributed by atoms with van der Waals surface area (Å²) in [6.07, 6.45) is 6.66. The van der Waals surface area contributed by atoms with Crippen LogP contribution in [0.3, 0.4) is 0 Å². The SMILES string of the molecule is NC(=O)C1C2C=CC(C2)C1Nc1c(Cl)cnc2nc(-c3cccc(CNCC(=O)O)c3)[nH]c12. The number of carbonyl (C=O) groups is 2. The zero-order chi connectivity index (χ0) is 23.1. The van der Waals surface area contributed by atoms with Crippen LogP contribution in [0, 0.1) is 17.8 Å². The Morgan fingerprint density at radius 1 is 1.27 bits per heavy atom. The van der Waals surface area contributed by atoms with Crippen molar-refractivity contribution in [1.29, 1.82) is 0 Å². The summed E-state index contributed by atoms with van der Waals surface area (Å²) in [7, 11) is 0. The van der Waals surface area contributed by atoms with E-state index < -0.39 is 5.97 Å². The first kappa shape index (κ1) is 21.4. The molecule has 4 unspecified atom stereocenters. The number of H-pyrrole nitrogens is 1.